The Balaban J connectivity index is 1.14. The van der Waals surface area contributed by atoms with Crippen molar-refractivity contribution in [2.24, 2.45) is 5.41 Å². The Bertz CT molecular complexity index is 2000. The summed E-state index contributed by atoms with van der Waals surface area (Å²) in [7, 11) is 0. The molecule has 2 aliphatic carbocycles. The Morgan fingerprint density at radius 1 is 0.829 bits per heavy atom. The molecule has 3 aromatic heterocycles. The monoisotopic (exact) mass is 538 g/mol. The zero-order valence-corrected chi connectivity index (χ0v) is 23.5. The third-order valence-electron chi connectivity index (χ3n) is 10.5. The summed E-state index contributed by atoms with van der Waals surface area (Å²) in [5.41, 5.74) is 9.76. The van der Waals surface area contributed by atoms with Gasteiger partial charge in [0.05, 0.1) is 11.2 Å². The van der Waals surface area contributed by atoms with E-state index in [2.05, 4.69) is 71.3 Å². The van der Waals surface area contributed by atoms with Crippen LogP contribution in [0.4, 0.5) is 0 Å². The quantitative estimate of drug-likeness (QED) is 0.220. The first-order chi connectivity index (χ1) is 20.6. The first kappa shape index (κ1) is 22.7. The van der Waals surface area contributed by atoms with Crippen LogP contribution in [0, 0.1) is 5.41 Å². The van der Waals surface area contributed by atoms with Gasteiger partial charge in [0.1, 0.15) is 16.9 Å². The van der Waals surface area contributed by atoms with Gasteiger partial charge in [-0.1, -0.05) is 55.7 Å². The molecular weight excluding hydrogens is 502 g/mol. The van der Waals surface area contributed by atoms with Crippen molar-refractivity contribution in [2.45, 2.75) is 76.6 Å². The molecule has 4 heterocycles. The number of fused-ring (bicyclic) bond motifs is 9. The van der Waals surface area contributed by atoms with Gasteiger partial charge in [0.2, 0.25) is 0 Å². The molecule has 9 rings (SSSR count). The van der Waals surface area contributed by atoms with Crippen LogP contribution in [0.3, 0.4) is 0 Å². The van der Waals surface area contributed by atoms with Crippen molar-refractivity contribution in [2.75, 3.05) is 0 Å². The summed E-state index contributed by atoms with van der Waals surface area (Å²) in [6.45, 7) is 0.923. The van der Waals surface area contributed by atoms with E-state index >= 15 is 0 Å². The van der Waals surface area contributed by atoms with Crippen molar-refractivity contribution >= 4 is 33.0 Å². The number of nitrogens with zero attached hydrogens (tertiary/aromatic N) is 3. The Labute approximate surface area is 241 Å². The van der Waals surface area contributed by atoms with Gasteiger partial charge in [-0.05, 0) is 97.7 Å². The summed E-state index contributed by atoms with van der Waals surface area (Å²) in [5, 5.41) is 2.17. The number of rotatable bonds is 2. The average molecular weight is 539 g/mol. The van der Waals surface area contributed by atoms with Gasteiger partial charge in [-0.3, -0.25) is 4.98 Å². The van der Waals surface area contributed by atoms with Crippen molar-refractivity contribution in [3.63, 3.8) is 0 Å². The summed E-state index contributed by atoms with van der Waals surface area (Å²) >= 11 is 0. The van der Waals surface area contributed by atoms with Crippen LogP contribution in [0.1, 0.15) is 76.2 Å². The van der Waals surface area contributed by atoms with Crippen molar-refractivity contribution in [3.05, 3.63) is 84.1 Å². The molecule has 1 aliphatic heterocycles. The molecule has 204 valence electrons. The van der Waals surface area contributed by atoms with Crippen LogP contribution in [0.15, 0.2) is 77.3 Å². The fourth-order valence-electron chi connectivity index (χ4n) is 8.24. The number of benzene rings is 3. The maximum Gasteiger partial charge on any atom is 0.163 e. The number of hydrogen-bond donors (Lipinski definition) is 0. The number of aromatic nitrogens is 3. The minimum Gasteiger partial charge on any atom is -0.453 e. The summed E-state index contributed by atoms with van der Waals surface area (Å²) in [5.74, 6) is 0.484. The van der Waals surface area contributed by atoms with E-state index < -0.39 is 5.89 Å². The van der Waals surface area contributed by atoms with Crippen LogP contribution >= 0.6 is 0 Å². The fourth-order valence-corrected chi connectivity index (χ4v) is 8.24. The number of aryl methyl sites for hydroxylation is 2. The van der Waals surface area contributed by atoms with Crippen LogP contribution in [0.2, 0.25) is 0 Å². The van der Waals surface area contributed by atoms with E-state index in [4.69, 9.17) is 14.4 Å². The predicted molar refractivity (Wildman–Crippen MR) is 166 cm³/mol. The van der Waals surface area contributed by atoms with Crippen LogP contribution in [0.5, 0.6) is 0 Å². The van der Waals surface area contributed by atoms with Gasteiger partial charge in [0.15, 0.2) is 5.58 Å². The van der Waals surface area contributed by atoms with Crippen LogP contribution < -0.4 is 0 Å². The second-order valence-electron chi connectivity index (χ2n) is 12.7. The lowest BCUT2D eigenvalue weighted by Gasteiger charge is -2.43. The molecule has 2 saturated carbocycles. The van der Waals surface area contributed by atoms with Crippen LogP contribution in [-0.2, 0) is 13.0 Å². The molecule has 0 unspecified atom stereocenters. The lowest BCUT2D eigenvalue weighted by molar-refractivity contribution is 0.114. The summed E-state index contributed by atoms with van der Waals surface area (Å²) in [6.07, 6.45) is 14.0. The molecule has 0 amide bonds. The molecule has 2 fully saturated rings. The number of pyridine rings is 1. The number of imidazole rings is 1. The molecule has 3 aromatic carbocycles. The lowest BCUT2D eigenvalue weighted by atomic mass is 9.62. The van der Waals surface area contributed by atoms with Gasteiger partial charge in [0.25, 0.3) is 0 Å². The number of para-hydroxylation sites is 1. The standard InChI is InChI=1S/C37H35N3O/c1-4-17-37(18-5-1)19-13-24(14-20-37)26-15-21-38-31(23-26)30-10-6-9-28-29-11-12-32-33(35(29)41-34(28)30)39-36-27-8-3-2-7-25(27)16-22-40(32)36/h2-3,6-12,15,21,23-24H,1,4-5,13-14,16-20,22H2/i24D. The zero-order chi connectivity index (χ0) is 27.9. The Morgan fingerprint density at radius 2 is 1.66 bits per heavy atom. The molecule has 0 saturated heterocycles. The minimum absolute atomic E-state index is 0.498. The van der Waals surface area contributed by atoms with Gasteiger partial charge >= 0.3 is 0 Å². The molecule has 3 aliphatic rings. The normalized spacial score (nSPS) is 19.9. The van der Waals surface area contributed by atoms with E-state index in [9.17, 15) is 1.37 Å². The average Bonchev–Trinajstić information content (AvgIpc) is 3.62. The van der Waals surface area contributed by atoms with Crippen molar-refractivity contribution < 1.29 is 5.79 Å². The molecule has 0 atom stereocenters. The maximum atomic E-state index is 9.52. The lowest BCUT2D eigenvalue weighted by Crippen LogP contribution is -2.29. The second-order valence-corrected chi connectivity index (χ2v) is 12.7. The van der Waals surface area contributed by atoms with Gasteiger partial charge in [-0.15, -0.1) is 0 Å². The highest BCUT2D eigenvalue weighted by Gasteiger charge is 2.36. The highest BCUT2D eigenvalue weighted by Crippen LogP contribution is 2.51. The van der Waals surface area contributed by atoms with E-state index in [1.54, 1.807) is 0 Å². The van der Waals surface area contributed by atoms with Crippen LogP contribution in [-0.4, -0.2) is 14.5 Å². The summed E-state index contributed by atoms with van der Waals surface area (Å²) in [6, 6.07) is 23.6. The first-order valence-corrected chi connectivity index (χ1v) is 15.5. The highest BCUT2D eigenvalue weighted by molar-refractivity contribution is 6.16. The van der Waals surface area contributed by atoms with E-state index in [1.165, 1.54) is 56.1 Å². The summed E-state index contributed by atoms with van der Waals surface area (Å²) < 4.78 is 18.6. The predicted octanol–water partition coefficient (Wildman–Crippen LogP) is 9.83. The van der Waals surface area contributed by atoms with E-state index in [0.29, 0.717) is 5.41 Å². The summed E-state index contributed by atoms with van der Waals surface area (Å²) in [4.78, 5) is 9.99. The smallest absolute Gasteiger partial charge is 0.163 e. The van der Waals surface area contributed by atoms with Crippen molar-refractivity contribution in [1.29, 1.82) is 0 Å². The molecule has 4 nitrogen and oxygen atoms in total. The number of hydrogen-bond acceptors (Lipinski definition) is 3. The Kier molecular flexibility index (Phi) is 5.01. The van der Waals surface area contributed by atoms with Gasteiger partial charge in [-0.25, -0.2) is 4.98 Å². The number of furan rings is 1. The topological polar surface area (TPSA) is 43.9 Å². The molecule has 41 heavy (non-hydrogen) atoms. The maximum absolute atomic E-state index is 9.52. The minimum atomic E-state index is -0.542. The molecule has 1 spiro atoms. The SMILES string of the molecule is [2H]C1(c2ccnc(-c3cccc4c3oc3c4ccc4c3nc3n4CCc4ccccc4-3)c2)CCC2(CCCCC2)CC1. The van der Waals surface area contributed by atoms with Crippen molar-refractivity contribution in [3.8, 4) is 22.6 Å². The van der Waals surface area contributed by atoms with Gasteiger partial charge in [0, 0.05) is 36.0 Å². The Hall–Kier alpha value is -3.92. The molecule has 6 aromatic rings. The molecular formula is C37H35N3O. The van der Waals surface area contributed by atoms with Gasteiger partial charge < -0.3 is 8.98 Å². The first-order valence-electron chi connectivity index (χ1n) is 16.0. The largest absolute Gasteiger partial charge is 0.453 e. The highest BCUT2D eigenvalue weighted by atomic mass is 16.3. The van der Waals surface area contributed by atoms with Crippen LogP contribution in [0.25, 0.3) is 55.6 Å². The third kappa shape index (κ3) is 3.65. The van der Waals surface area contributed by atoms with Crippen molar-refractivity contribution in [1.82, 2.24) is 14.5 Å². The Morgan fingerprint density at radius 3 is 2.56 bits per heavy atom. The second kappa shape index (κ2) is 9.04. The molecule has 0 N–H and O–H groups in total. The molecule has 4 heteroatoms. The van der Waals surface area contributed by atoms with E-state index in [1.807, 2.05) is 6.20 Å². The van der Waals surface area contributed by atoms with E-state index in [-0.39, 0.29) is 0 Å². The molecule has 0 radical (unpaired) electrons. The van der Waals surface area contributed by atoms with E-state index in [0.717, 1.165) is 81.4 Å². The molecule has 0 bridgehead atoms. The fraction of sp³-hybridized carbons (Fsp3) is 0.351. The third-order valence-corrected chi connectivity index (χ3v) is 10.5. The zero-order valence-electron chi connectivity index (χ0n) is 24.5. The van der Waals surface area contributed by atoms with Gasteiger partial charge in [-0.2, -0.15) is 0 Å².